The van der Waals surface area contributed by atoms with Crippen molar-refractivity contribution in [1.82, 2.24) is 9.97 Å². The summed E-state index contributed by atoms with van der Waals surface area (Å²) < 4.78 is 5.31. The summed E-state index contributed by atoms with van der Waals surface area (Å²) >= 11 is 5.87. The lowest BCUT2D eigenvalue weighted by molar-refractivity contribution is 0.416. The molecule has 25 heavy (non-hydrogen) atoms. The van der Waals surface area contributed by atoms with Crippen molar-refractivity contribution in [3.8, 4) is 23.1 Å². The Labute approximate surface area is 148 Å². The second-order valence-electron chi connectivity index (χ2n) is 5.08. The largest absolute Gasteiger partial charge is 0.496 e. The molecule has 2 aromatic carbocycles. The summed E-state index contributed by atoms with van der Waals surface area (Å²) in [5.41, 5.74) is 0.899. The molecule has 0 unspecified atom stereocenters. The van der Waals surface area contributed by atoms with Crippen molar-refractivity contribution in [2.45, 2.75) is 0 Å². The van der Waals surface area contributed by atoms with Crippen molar-refractivity contribution in [1.29, 1.82) is 5.26 Å². The molecule has 0 aliphatic heterocycles. The van der Waals surface area contributed by atoms with Crippen molar-refractivity contribution < 1.29 is 4.74 Å². The smallest absolute Gasteiger partial charge is 0.270 e. The third kappa shape index (κ3) is 3.47. The van der Waals surface area contributed by atoms with Gasteiger partial charge in [-0.1, -0.05) is 23.7 Å². The van der Waals surface area contributed by atoms with E-state index in [0.717, 1.165) is 0 Å². The maximum Gasteiger partial charge on any atom is 0.270 e. The number of nitrogens with one attached hydrogen (secondary N) is 2. The molecule has 0 aliphatic rings. The predicted molar refractivity (Wildman–Crippen MR) is 96.3 cm³/mol. The second-order valence-corrected chi connectivity index (χ2v) is 5.52. The van der Waals surface area contributed by atoms with Crippen LogP contribution in [-0.2, 0) is 0 Å². The zero-order valence-electron chi connectivity index (χ0n) is 13.2. The Kier molecular flexibility index (Phi) is 4.68. The number of hydrogen-bond acceptors (Lipinski definition) is 5. The molecule has 0 amide bonds. The van der Waals surface area contributed by atoms with Crippen LogP contribution in [0.15, 0.2) is 53.3 Å². The lowest BCUT2D eigenvalue weighted by atomic mass is 10.1. The van der Waals surface area contributed by atoms with Crippen molar-refractivity contribution >= 4 is 23.2 Å². The highest BCUT2D eigenvalue weighted by Gasteiger charge is 2.16. The fourth-order valence-electron chi connectivity index (χ4n) is 2.34. The van der Waals surface area contributed by atoms with Gasteiger partial charge in [-0.25, -0.2) is 4.98 Å². The number of aromatic amines is 1. The minimum Gasteiger partial charge on any atom is -0.496 e. The lowest BCUT2D eigenvalue weighted by Crippen LogP contribution is -2.16. The number of para-hydroxylation sites is 1. The van der Waals surface area contributed by atoms with Gasteiger partial charge in [-0.15, -0.1) is 0 Å². The van der Waals surface area contributed by atoms with Crippen LogP contribution in [0.3, 0.4) is 0 Å². The number of nitriles is 1. The first-order valence-electron chi connectivity index (χ1n) is 7.33. The first kappa shape index (κ1) is 16.6. The summed E-state index contributed by atoms with van der Waals surface area (Å²) in [6.45, 7) is 0. The molecule has 0 bridgehead atoms. The summed E-state index contributed by atoms with van der Waals surface area (Å²) in [5, 5.41) is 12.9. The van der Waals surface area contributed by atoms with Gasteiger partial charge in [-0.2, -0.15) is 5.26 Å². The van der Waals surface area contributed by atoms with E-state index >= 15 is 0 Å². The minimum absolute atomic E-state index is 0.0776. The Bertz CT molecular complexity index is 1010. The van der Waals surface area contributed by atoms with Crippen LogP contribution in [0.2, 0.25) is 5.02 Å². The van der Waals surface area contributed by atoms with Gasteiger partial charge in [0.25, 0.3) is 5.56 Å². The van der Waals surface area contributed by atoms with Gasteiger partial charge in [0.15, 0.2) is 0 Å². The van der Waals surface area contributed by atoms with Crippen LogP contribution in [0.25, 0.3) is 11.3 Å². The molecular weight excluding hydrogens is 340 g/mol. The summed E-state index contributed by atoms with van der Waals surface area (Å²) in [5.74, 6) is 0.738. The summed E-state index contributed by atoms with van der Waals surface area (Å²) in [7, 11) is 1.52. The van der Waals surface area contributed by atoms with Crippen molar-refractivity contribution in [2.24, 2.45) is 0 Å². The topological polar surface area (TPSA) is 90.8 Å². The number of anilines is 2. The highest BCUT2D eigenvalue weighted by molar-refractivity contribution is 6.30. The van der Waals surface area contributed by atoms with Crippen LogP contribution >= 0.6 is 11.6 Å². The highest BCUT2D eigenvalue weighted by atomic mass is 35.5. The molecule has 0 radical (unpaired) electrons. The molecule has 3 aromatic rings. The van der Waals surface area contributed by atoms with Crippen LogP contribution in [0.4, 0.5) is 11.6 Å². The molecule has 3 rings (SSSR count). The first-order chi connectivity index (χ1) is 12.1. The summed E-state index contributed by atoms with van der Waals surface area (Å²) in [4.78, 5) is 19.3. The number of H-pyrrole nitrogens is 1. The first-order valence-corrected chi connectivity index (χ1v) is 7.70. The third-order valence-corrected chi connectivity index (χ3v) is 3.75. The Morgan fingerprint density at radius 1 is 1.20 bits per heavy atom. The number of hydrogen-bond donors (Lipinski definition) is 2. The zero-order chi connectivity index (χ0) is 17.8. The molecule has 0 saturated carbocycles. The van der Waals surface area contributed by atoms with E-state index in [2.05, 4.69) is 15.3 Å². The average molecular weight is 353 g/mol. The molecular formula is C18H13ClN4O2. The highest BCUT2D eigenvalue weighted by Crippen LogP contribution is 2.30. The van der Waals surface area contributed by atoms with Gasteiger partial charge < -0.3 is 10.1 Å². The maximum atomic E-state index is 12.3. The quantitative estimate of drug-likeness (QED) is 0.746. The molecule has 2 N–H and O–H groups in total. The number of halogens is 1. The number of ether oxygens (including phenoxy) is 1. The zero-order valence-corrected chi connectivity index (χ0v) is 14.0. The van der Waals surface area contributed by atoms with Crippen LogP contribution in [0.5, 0.6) is 5.75 Å². The van der Waals surface area contributed by atoms with Gasteiger partial charge >= 0.3 is 0 Å². The molecule has 0 saturated heterocycles. The SMILES string of the molecule is COc1ccccc1-c1nc(Nc2ccc(Cl)cc2)[nH]c(=O)c1C#N. The van der Waals surface area contributed by atoms with Crippen LogP contribution in [0, 0.1) is 11.3 Å². The number of nitrogens with zero attached hydrogens (tertiary/aromatic N) is 2. The van der Waals surface area contributed by atoms with Crippen LogP contribution in [-0.4, -0.2) is 17.1 Å². The van der Waals surface area contributed by atoms with E-state index in [-0.39, 0.29) is 17.2 Å². The average Bonchev–Trinajstić information content (AvgIpc) is 2.63. The van der Waals surface area contributed by atoms with Crippen LogP contribution < -0.4 is 15.6 Å². The van der Waals surface area contributed by atoms with Crippen LogP contribution in [0.1, 0.15) is 5.56 Å². The van der Waals surface area contributed by atoms with E-state index < -0.39 is 5.56 Å². The lowest BCUT2D eigenvalue weighted by Gasteiger charge is -2.11. The van der Waals surface area contributed by atoms with E-state index in [1.165, 1.54) is 7.11 Å². The van der Waals surface area contributed by atoms with Gasteiger partial charge in [0.05, 0.1) is 7.11 Å². The fraction of sp³-hybridized carbons (Fsp3) is 0.0556. The normalized spacial score (nSPS) is 10.1. The van der Waals surface area contributed by atoms with Crippen molar-refractivity contribution in [3.63, 3.8) is 0 Å². The molecule has 0 fully saturated rings. The summed E-state index contributed by atoms with van der Waals surface area (Å²) in [6.07, 6.45) is 0. The van der Waals surface area contributed by atoms with E-state index in [1.54, 1.807) is 48.5 Å². The van der Waals surface area contributed by atoms with Gasteiger partial charge in [0.2, 0.25) is 5.95 Å². The molecule has 7 heteroatoms. The fourth-order valence-corrected chi connectivity index (χ4v) is 2.47. The summed E-state index contributed by atoms with van der Waals surface area (Å²) in [6, 6.07) is 15.9. The van der Waals surface area contributed by atoms with Gasteiger partial charge in [-0.3, -0.25) is 9.78 Å². The van der Waals surface area contributed by atoms with E-state index in [0.29, 0.717) is 22.0 Å². The molecule has 0 aliphatic carbocycles. The van der Waals surface area contributed by atoms with Gasteiger partial charge in [-0.05, 0) is 36.4 Å². The molecule has 6 nitrogen and oxygen atoms in total. The number of rotatable bonds is 4. The Morgan fingerprint density at radius 2 is 1.92 bits per heavy atom. The molecule has 124 valence electrons. The Balaban J connectivity index is 2.11. The number of benzene rings is 2. The molecule has 1 aromatic heterocycles. The van der Waals surface area contributed by atoms with E-state index in [9.17, 15) is 10.1 Å². The maximum absolute atomic E-state index is 12.3. The second kappa shape index (κ2) is 7.07. The Hall–Kier alpha value is -3.30. The molecule has 0 spiro atoms. The number of methoxy groups -OCH3 is 1. The minimum atomic E-state index is -0.533. The van der Waals surface area contributed by atoms with E-state index in [4.69, 9.17) is 16.3 Å². The molecule has 0 atom stereocenters. The van der Waals surface area contributed by atoms with Crippen molar-refractivity contribution in [3.05, 3.63) is 69.5 Å². The van der Waals surface area contributed by atoms with E-state index in [1.807, 2.05) is 6.07 Å². The Morgan fingerprint density at radius 3 is 2.60 bits per heavy atom. The predicted octanol–water partition coefficient (Wildman–Crippen LogP) is 3.71. The monoisotopic (exact) mass is 352 g/mol. The molecule has 1 heterocycles. The number of aromatic nitrogens is 2. The van der Waals surface area contributed by atoms with Gasteiger partial charge in [0.1, 0.15) is 23.1 Å². The third-order valence-electron chi connectivity index (χ3n) is 3.50. The van der Waals surface area contributed by atoms with Crippen molar-refractivity contribution in [2.75, 3.05) is 12.4 Å². The van der Waals surface area contributed by atoms with Gasteiger partial charge in [0, 0.05) is 16.3 Å². The standard InChI is InChI=1S/C18H13ClN4O2/c1-25-15-5-3-2-4-13(15)16-14(10-20)17(24)23-18(22-16)21-12-8-6-11(19)7-9-12/h2-9H,1H3,(H2,21,22,23,24).